The monoisotopic (exact) mass is 381 g/mol. The molecule has 1 amide bonds. The number of nitrogens with one attached hydrogen (secondary N) is 1. The van der Waals surface area contributed by atoms with E-state index < -0.39 is 18.0 Å². The minimum Gasteiger partial charge on any atom is -0.482 e. The first-order chi connectivity index (χ1) is 13.4. The van der Waals surface area contributed by atoms with Gasteiger partial charge in [0.1, 0.15) is 5.75 Å². The average molecular weight is 381 g/mol. The SMILES string of the molecule is CC(=O)c1ccc(NC(=O)[C@@H](C)OC(=O)COc2ccc3c(c2)CCC3)cc1. The van der Waals surface area contributed by atoms with Gasteiger partial charge in [-0.15, -0.1) is 0 Å². The molecule has 1 atom stereocenters. The zero-order valence-electron chi connectivity index (χ0n) is 16.0. The first-order valence-corrected chi connectivity index (χ1v) is 9.28. The largest absolute Gasteiger partial charge is 0.482 e. The lowest BCUT2D eigenvalue weighted by atomic mass is 10.1. The average Bonchev–Trinajstić information content (AvgIpc) is 3.14. The van der Waals surface area contributed by atoms with Gasteiger partial charge in [0.05, 0.1) is 0 Å². The van der Waals surface area contributed by atoms with E-state index >= 15 is 0 Å². The van der Waals surface area contributed by atoms with Crippen LogP contribution in [-0.2, 0) is 27.2 Å². The highest BCUT2D eigenvalue weighted by Crippen LogP contribution is 2.26. The van der Waals surface area contributed by atoms with Crippen molar-refractivity contribution >= 4 is 23.3 Å². The molecule has 6 heteroatoms. The minimum atomic E-state index is -0.969. The van der Waals surface area contributed by atoms with Crippen molar-refractivity contribution in [2.24, 2.45) is 0 Å². The van der Waals surface area contributed by atoms with Crippen molar-refractivity contribution in [1.82, 2.24) is 0 Å². The van der Waals surface area contributed by atoms with Crippen molar-refractivity contribution in [3.63, 3.8) is 0 Å². The summed E-state index contributed by atoms with van der Waals surface area (Å²) in [5, 5.41) is 2.65. The highest BCUT2D eigenvalue weighted by atomic mass is 16.6. The number of esters is 1. The molecule has 6 nitrogen and oxygen atoms in total. The van der Waals surface area contributed by atoms with Gasteiger partial charge in [-0.05, 0) is 80.6 Å². The number of carbonyl (C=O) groups is 3. The van der Waals surface area contributed by atoms with Gasteiger partial charge in [0, 0.05) is 11.3 Å². The van der Waals surface area contributed by atoms with E-state index in [2.05, 4.69) is 5.32 Å². The highest BCUT2D eigenvalue weighted by molar-refractivity contribution is 5.97. The molecule has 0 unspecified atom stereocenters. The van der Waals surface area contributed by atoms with E-state index in [0.29, 0.717) is 17.0 Å². The van der Waals surface area contributed by atoms with Gasteiger partial charge >= 0.3 is 5.97 Å². The Bertz CT molecular complexity index is 888. The van der Waals surface area contributed by atoms with Crippen LogP contribution in [0.3, 0.4) is 0 Å². The fourth-order valence-electron chi connectivity index (χ4n) is 3.10. The molecule has 0 saturated heterocycles. The Balaban J connectivity index is 1.46. The van der Waals surface area contributed by atoms with Gasteiger partial charge in [0.25, 0.3) is 5.91 Å². The van der Waals surface area contributed by atoms with Crippen LogP contribution in [0.15, 0.2) is 42.5 Å². The number of rotatable bonds is 7. The number of hydrogen-bond acceptors (Lipinski definition) is 5. The highest BCUT2D eigenvalue weighted by Gasteiger charge is 2.19. The van der Waals surface area contributed by atoms with Crippen LogP contribution in [0.1, 0.15) is 41.8 Å². The Morgan fingerprint density at radius 3 is 2.46 bits per heavy atom. The number of carbonyl (C=O) groups excluding carboxylic acids is 3. The molecule has 146 valence electrons. The standard InChI is InChI=1S/C22H23NO5/c1-14(24)16-6-9-19(10-7-16)23-22(26)15(2)28-21(25)13-27-20-11-8-17-4-3-5-18(17)12-20/h6-12,15H,3-5,13H2,1-2H3,(H,23,26)/t15-/m1/s1. The van der Waals surface area contributed by atoms with E-state index in [9.17, 15) is 14.4 Å². The molecule has 0 saturated carbocycles. The van der Waals surface area contributed by atoms with Crippen molar-refractivity contribution in [3.8, 4) is 5.75 Å². The summed E-state index contributed by atoms with van der Waals surface area (Å²) in [4.78, 5) is 35.4. The zero-order chi connectivity index (χ0) is 20.1. The Hall–Kier alpha value is -3.15. The Kier molecular flexibility index (Phi) is 6.09. The van der Waals surface area contributed by atoms with E-state index in [4.69, 9.17) is 9.47 Å². The summed E-state index contributed by atoms with van der Waals surface area (Å²) in [6.45, 7) is 2.70. The van der Waals surface area contributed by atoms with E-state index in [0.717, 1.165) is 19.3 Å². The number of hydrogen-bond donors (Lipinski definition) is 1. The summed E-state index contributed by atoms with van der Waals surface area (Å²) in [5.74, 6) is -0.500. The quantitative estimate of drug-likeness (QED) is 0.588. The van der Waals surface area contributed by atoms with Crippen LogP contribution in [-0.4, -0.2) is 30.4 Å². The van der Waals surface area contributed by atoms with Gasteiger partial charge in [0.2, 0.25) is 0 Å². The van der Waals surface area contributed by atoms with Crippen LogP contribution < -0.4 is 10.1 Å². The number of Topliss-reactive ketones (excluding diaryl/α,β-unsaturated/α-hetero) is 1. The molecular formula is C22H23NO5. The molecule has 28 heavy (non-hydrogen) atoms. The summed E-state index contributed by atoms with van der Waals surface area (Å²) in [6.07, 6.45) is 2.29. The topological polar surface area (TPSA) is 81.7 Å². The van der Waals surface area contributed by atoms with Crippen molar-refractivity contribution in [3.05, 3.63) is 59.2 Å². The van der Waals surface area contributed by atoms with Crippen LogP contribution in [0.25, 0.3) is 0 Å². The molecule has 0 heterocycles. The lowest BCUT2D eigenvalue weighted by Gasteiger charge is -2.14. The van der Waals surface area contributed by atoms with Gasteiger partial charge in [-0.1, -0.05) is 6.07 Å². The van der Waals surface area contributed by atoms with Crippen LogP contribution in [0, 0.1) is 0 Å². The number of ketones is 1. The van der Waals surface area contributed by atoms with E-state index in [1.54, 1.807) is 24.3 Å². The predicted octanol–water partition coefficient (Wildman–Crippen LogP) is 3.33. The number of benzene rings is 2. The van der Waals surface area contributed by atoms with E-state index in [-0.39, 0.29) is 12.4 Å². The second kappa shape index (κ2) is 8.69. The molecule has 0 bridgehead atoms. The lowest BCUT2D eigenvalue weighted by molar-refractivity contribution is -0.155. The number of ether oxygens (including phenoxy) is 2. The molecular weight excluding hydrogens is 358 g/mol. The summed E-state index contributed by atoms with van der Waals surface area (Å²) >= 11 is 0. The fraction of sp³-hybridized carbons (Fsp3) is 0.318. The van der Waals surface area contributed by atoms with Crippen LogP contribution >= 0.6 is 0 Å². The predicted molar refractivity (Wildman–Crippen MR) is 105 cm³/mol. The number of anilines is 1. The zero-order valence-corrected chi connectivity index (χ0v) is 16.0. The molecule has 1 N–H and O–H groups in total. The third-order valence-corrected chi connectivity index (χ3v) is 4.66. The fourth-order valence-corrected chi connectivity index (χ4v) is 3.10. The van der Waals surface area contributed by atoms with Gasteiger partial charge < -0.3 is 14.8 Å². The Morgan fingerprint density at radius 2 is 1.75 bits per heavy atom. The normalized spacial score (nSPS) is 13.4. The molecule has 0 radical (unpaired) electrons. The molecule has 0 aromatic heterocycles. The smallest absolute Gasteiger partial charge is 0.344 e. The first kappa shape index (κ1) is 19.6. The molecule has 0 fully saturated rings. The van der Waals surface area contributed by atoms with E-state index in [1.165, 1.54) is 25.0 Å². The Labute approximate surface area is 163 Å². The number of fused-ring (bicyclic) bond motifs is 1. The van der Waals surface area contributed by atoms with Gasteiger partial charge in [-0.2, -0.15) is 0 Å². The minimum absolute atomic E-state index is 0.0523. The van der Waals surface area contributed by atoms with Crippen molar-refractivity contribution in [1.29, 1.82) is 0 Å². The van der Waals surface area contributed by atoms with Crippen molar-refractivity contribution < 1.29 is 23.9 Å². The molecule has 2 aromatic carbocycles. The third-order valence-electron chi connectivity index (χ3n) is 4.66. The molecule has 0 spiro atoms. The summed E-state index contributed by atoms with van der Waals surface area (Å²) < 4.78 is 10.6. The van der Waals surface area contributed by atoms with Gasteiger partial charge in [0.15, 0.2) is 18.5 Å². The lowest BCUT2D eigenvalue weighted by Crippen LogP contribution is -2.31. The maximum Gasteiger partial charge on any atom is 0.344 e. The third kappa shape index (κ3) is 4.97. The first-order valence-electron chi connectivity index (χ1n) is 9.28. The number of aryl methyl sites for hydroxylation is 2. The van der Waals surface area contributed by atoms with Crippen LogP contribution in [0.5, 0.6) is 5.75 Å². The molecule has 0 aliphatic heterocycles. The maximum absolute atomic E-state index is 12.2. The van der Waals surface area contributed by atoms with Crippen LogP contribution in [0.4, 0.5) is 5.69 Å². The van der Waals surface area contributed by atoms with Crippen LogP contribution in [0.2, 0.25) is 0 Å². The summed E-state index contributed by atoms with van der Waals surface area (Å²) in [7, 11) is 0. The van der Waals surface area contributed by atoms with E-state index in [1.807, 2.05) is 18.2 Å². The molecule has 3 rings (SSSR count). The van der Waals surface area contributed by atoms with Gasteiger partial charge in [-0.3, -0.25) is 9.59 Å². The van der Waals surface area contributed by atoms with Crippen molar-refractivity contribution in [2.75, 3.05) is 11.9 Å². The summed E-state index contributed by atoms with van der Waals surface area (Å²) in [6, 6.07) is 12.3. The molecule has 1 aliphatic carbocycles. The summed E-state index contributed by atoms with van der Waals surface area (Å²) in [5.41, 5.74) is 3.67. The Morgan fingerprint density at radius 1 is 1.04 bits per heavy atom. The van der Waals surface area contributed by atoms with Gasteiger partial charge in [-0.25, -0.2) is 4.79 Å². The van der Waals surface area contributed by atoms with Crippen molar-refractivity contribution in [2.45, 2.75) is 39.2 Å². The molecule has 1 aliphatic rings. The number of amides is 1. The maximum atomic E-state index is 12.2. The molecule has 2 aromatic rings. The second-order valence-electron chi connectivity index (χ2n) is 6.83. The second-order valence-corrected chi connectivity index (χ2v) is 6.83.